The van der Waals surface area contributed by atoms with Crippen LogP contribution in [-0.2, 0) is 9.53 Å². The van der Waals surface area contributed by atoms with Gasteiger partial charge < -0.3 is 19.9 Å². The number of hydrogen-bond donors (Lipinski definition) is 2. The molecule has 4 rings (SSSR count). The second-order valence-corrected chi connectivity index (χ2v) is 6.44. The van der Waals surface area contributed by atoms with E-state index in [1.54, 1.807) is 35.2 Å². The van der Waals surface area contributed by atoms with E-state index in [1.807, 2.05) is 6.92 Å². The number of nitrogens with one attached hydrogen (secondary N) is 2. The molecule has 0 unspecified atom stereocenters. The second-order valence-electron chi connectivity index (χ2n) is 6.44. The van der Waals surface area contributed by atoms with Crippen molar-refractivity contribution in [2.45, 2.75) is 6.92 Å². The predicted molar refractivity (Wildman–Crippen MR) is 101 cm³/mol. The Morgan fingerprint density at radius 2 is 2.11 bits per heavy atom. The lowest BCUT2D eigenvalue weighted by molar-refractivity contribution is -0.125. The second kappa shape index (κ2) is 6.85. The van der Waals surface area contributed by atoms with Crippen LogP contribution in [-0.4, -0.2) is 36.6 Å². The highest BCUT2D eigenvalue weighted by molar-refractivity contribution is 6.06. The number of rotatable bonds is 3. The van der Waals surface area contributed by atoms with Crippen molar-refractivity contribution in [1.82, 2.24) is 4.98 Å². The minimum absolute atomic E-state index is 0.0521. The zero-order chi connectivity index (χ0) is 19.0. The monoisotopic (exact) mass is 367 g/mol. The van der Waals surface area contributed by atoms with Crippen LogP contribution in [0.5, 0.6) is 0 Å². The van der Waals surface area contributed by atoms with Crippen molar-refractivity contribution in [3.05, 3.63) is 59.5 Å². The number of hydrogen-bond acceptors (Lipinski definition) is 3. The molecular weight excluding hydrogens is 349 g/mol. The fraction of sp³-hybridized carbons (Fsp3) is 0.200. The number of aromatic amines is 1. The Kier molecular flexibility index (Phi) is 4.37. The van der Waals surface area contributed by atoms with Crippen molar-refractivity contribution in [2.75, 3.05) is 30.0 Å². The molecule has 2 N–H and O–H groups in total. The van der Waals surface area contributed by atoms with E-state index in [4.69, 9.17) is 4.74 Å². The van der Waals surface area contributed by atoms with Gasteiger partial charge in [0, 0.05) is 23.3 Å². The number of H-pyrrole nitrogens is 1. The number of nitrogens with zero attached hydrogens (tertiary/aromatic N) is 1. The van der Waals surface area contributed by atoms with Gasteiger partial charge in [-0.2, -0.15) is 0 Å². The van der Waals surface area contributed by atoms with Crippen LogP contribution in [0.15, 0.2) is 42.5 Å². The maximum atomic E-state index is 14.0. The van der Waals surface area contributed by atoms with Gasteiger partial charge in [-0.1, -0.05) is 12.1 Å². The number of ether oxygens (including phenoxy) is 1. The average Bonchev–Trinajstić information content (AvgIpc) is 3.12. The molecule has 2 heterocycles. The summed E-state index contributed by atoms with van der Waals surface area (Å²) in [6.07, 6.45) is 0. The Morgan fingerprint density at radius 3 is 2.89 bits per heavy atom. The number of carbonyl (C=O) groups is 2. The van der Waals surface area contributed by atoms with Gasteiger partial charge in [-0.3, -0.25) is 9.59 Å². The highest BCUT2D eigenvalue weighted by Gasteiger charge is 2.20. The van der Waals surface area contributed by atoms with Crippen LogP contribution in [0, 0.1) is 12.7 Å². The van der Waals surface area contributed by atoms with Gasteiger partial charge >= 0.3 is 0 Å². The number of benzene rings is 2. The molecule has 3 aromatic rings. The van der Waals surface area contributed by atoms with Crippen molar-refractivity contribution >= 4 is 34.1 Å². The van der Waals surface area contributed by atoms with E-state index in [0.717, 1.165) is 5.56 Å². The lowest BCUT2D eigenvalue weighted by Gasteiger charge is -2.27. The molecule has 1 aromatic heterocycles. The van der Waals surface area contributed by atoms with Gasteiger partial charge in [-0.15, -0.1) is 0 Å². The lowest BCUT2D eigenvalue weighted by Crippen LogP contribution is -2.41. The molecule has 0 bridgehead atoms. The zero-order valence-corrected chi connectivity index (χ0v) is 14.7. The summed E-state index contributed by atoms with van der Waals surface area (Å²) in [4.78, 5) is 29.2. The van der Waals surface area contributed by atoms with Crippen molar-refractivity contribution in [2.24, 2.45) is 0 Å². The number of morpholine rings is 1. The number of halogens is 1. The van der Waals surface area contributed by atoms with Gasteiger partial charge in [0.1, 0.15) is 18.1 Å². The molecule has 0 saturated carbocycles. The fourth-order valence-corrected chi connectivity index (χ4v) is 3.19. The van der Waals surface area contributed by atoms with Crippen molar-refractivity contribution in [1.29, 1.82) is 0 Å². The minimum Gasteiger partial charge on any atom is -0.370 e. The van der Waals surface area contributed by atoms with E-state index in [1.165, 1.54) is 12.1 Å². The molecule has 2 amide bonds. The molecule has 0 radical (unpaired) electrons. The molecule has 0 atom stereocenters. The molecule has 0 spiro atoms. The highest BCUT2D eigenvalue weighted by atomic mass is 19.1. The fourth-order valence-electron chi connectivity index (χ4n) is 3.19. The molecule has 1 aliphatic heterocycles. The first-order valence-electron chi connectivity index (χ1n) is 8.60. The van der Waals surface area contributed by atoms with E-state index < -0.39 is 0 Å². The first kappa shape index (κ1) is 17.2. The summed E-state index contributed by atoms with van der Waals surface area (Å²) in [5.41, 5.74) is 2.98. The van der Waals surface area contributed by atoms with Gasteiger partial charge in [0.05, 0.1) is 12.1 Å². The third-order valence-corrected chi connectivity index (χ3v) is 4.60. The first-order chi connectivity index (χ1) is 13.0. The van der Waals surface area contributed by atoms with E-state index in [9.17, 15) is 14.0 Å². The molecule has 6 nitrogen and oxygen atoms in total. The summed E-state index contributed by atoms with van der Waals surface area (Å²) >= 11 is 0. The van der Waals surface area contributed by atoms with E-state index >= 15 is 0 Å². The van der Waals surface area contributed by atoms with Gasteiger partial charge in [-0.25, -0.2) is 4.39 Å². The summed E-state index contributed by atoms with van der Waals surface area (Å²) < 4.78 is 19.1. The van der Waals surface area contributed by atoms with Crippen LogP contribution in [0.25, 0.3) is 10.9 Å². The van der Waals surface area contributed by atoms with E-state index in [-0.39, 0.29) is 29.9 Å². The number of carbonyl (C=O) groups excluding carboxylic acids is 2. The van der Waals surface area contributed by atoms with Gasteiger partial charge in [0.15, 0.2) is 0 Å². The number of anilines is 2. The SMILES string of the molecule is Cc1ccc(F)c2cc(C(=O)Nc3cccc(N4CCOCC4=O)c3)[nH]c12. The Hall–Kier alpha value is -3.19. The van der Waals surface area contributed by atoms with Crippen LogP contribution in [0.2, 0.25) is 0 Å². The highest BCUT2D eigenvalue weighted by Crippen LogP contribution is 2.24. The average molecular weight is 367 g/mol. The molecule has 1 fully saturated rings. The Bertz CT molecular complexity index is 1010. The molecule has 1 saturated heterocycles. The molecular formula is C20H18FN3O3. The largest absolute Gasteiger partial charge is 0.370 e. The number of fused-ring (bicyclic) bond motifs is 1. The first-order valence-corrected chi connectivity index (χ1v) is 8.60. The summed E-state index contributed by atoms with van der Waals surface area (Å²) in [7, 11) is 0. The maximum Gasteiger partial charge on any atom is 0.272 e. The third-order valence-electron chi connectivity index (χ3n) is 4.60. The maximum absolute atomic E-state index is 14.0. The number of aromatic nitrogens is 1. The van der Waals surface area contributed by atoms with Crippen molar-refractivity contribution in [3.8, 4) is 0 Å². The third kappa shape index (κ3) is 3.29. The van der Waals surface area contributed by atoms with Crippen LogP contribution in [0.1, 0.15) is 16.1 Å². The van der Waals surface area contributed by atoms with Crippen LogP contribution < -0.4 is 10.2 Å². The molecule has 27 heavy (non-hydrogen) atoms. The van der Waals surface area contributed by atoms with E-state index in [2.05, 4.69) is 10.3 Å². The summed E-state index contributed by atoms with van der Waals surface area (Å²) in [6, 6.07) is 11.6. The predicted octanol–water partition coefficient (Wildman–Crippen LogP) is 3.23. The Balaban J connectivity index is 1.58. The minimum atomic E-state index is -0.379. The smallest absolute Gasteiger partial charge is 0.272 e. The standard InChI is InChI=1S/C20H18FN3O3/c1-12-5-6-16(21)15-10-17(23-19(12)15)20(26)22-13-3-2-4-14(9-13)24-7-8-27-11-18(24)25/h2-6,9-10,23H,7-8,11H2,1H3,(H,22,26). The van der Waals surface area contributed by atoms with Gasteiger partial charge in [-0.05, 0) is 42.8 Å². The molecule has 1 aliphatic rings. The van der Waals surface area contributed by atoms with Crippen LogP contribution in [0.4, 0.5) is 15.8 Å². The topological polar surface area (TPSA) is 74.4 Å². The molecule has 2 aromatic carbocycles. The summed E-state index contributed by atoms with van der Waals surface area (Å²) in [5.74, 6) is -0.875. The quantitative estimate of drug-likeness (QED) is 0.746. The van der Waals surface area contributed by atoms with E-state index in [0.29, 0.717) is 35.4 Å². The van der Waals surface area contributed by atoms with Crippen molar-refractivity contribution in [3.63, 3.8) is 0 Å². The number of amides is 2. The van der Waals surface area contributed by atoms with Crippen LogP contribution in [0.3, 0.4) is 0 Å². The molecule has 0 aliphatic carbocycles. The molecule has 138 valence electrons. The normalized spacial score (nSPS) is 14.6. The molecule has 7 heteroatoms. The number of aryl methyl sites for hydroxylation is 1. The van der Waals surface area contributed by atoms with Gasteiger partial charge in [0.25, 0.3) is 11.8 Å². The Labute approximate surface area is 154 Å². The summed E-state index contributed by atoms with van der Waals surface area (Å²) in [6.45, 7) is 2.85. The Morgan fingerprint density at radius 1 is 1.26 bits per heavy atom. The van der Waals surface area contributed by atoms with Crippen LogP contribution >= 0.6 is 0 Å². The zero-order valence-electron chi connectivity index (χ0n) is 14.7. The van der Waals surface area contributed by atoms with Crippen molar-refractivity contribution < 1.29 is 18.7 Å². The van der Waals surface area contributed by atoms with Gasteiger partial charge in [0.2, 0.25) is 0 Å². The lowest BCUT2D eigenvalue weighted by atomic mass is 10.1. The summed E-state index contributed by atoms with van der Waals surface area (Å²) in [5, 5.41) is 3.17.